The molecule has 28 heavy (non-hydrogen) atoms. The van der Waals surface area contributed by atoms with Crippen molar-refractivity contribution < 1.29 is 14.2 Å². The SMILES string of the molecule is CN=C(NCCCOC1CCCCC1)NCc1cccnc1OCCOC.I. The zero-order valence-corrected chi connectivity index (χ0v) is 19.4. The fourth-order valence-electron chi connectivity index (χ4n) is 3.07. The molecule has 1 heterocycles. The van der Waals surface area contributed by atoms with E-state index in [0.717, 1.165) is 31.1 Å². The van der Waals surface area contributed by atoms with Crippen molar-refractivity contribution in [3.8, 4) is 5.88 Å². The summed E-state index contributed by atoms with van der Waals surface area (Å²) in [5.74, 6) is 1.39. The second-order valence-electron chi connectivity index (χ2n) is 6.65. The van der Waals surface area contributed by atoms with E-state index in [0.29, 0.717) is 31.7 Å². The molecule has 1 aromatic heterocycles. The Morgan fingerprint density at radius 1 is 1.18 bits per heavy atom. The van der Waals surface area contributed by atoms with Crippen molar-refractivity contribution in [3.05, 3.63) is 23.9 Å². The lowest BCUT2D eigenvalue weighted by Gasteiger charge is -2.22. The number of aliphatic imine (C=N–C) groups is 1. The first-order valence-electron chi connectivity index (χ1n) is 9.95. The second kappa shape index (κ2) is 15.8. The minimum atomic E-state index is 0. The molecule has 0 bridgehead atoms. The number of guanidine groups is 1. The zero-order chi connectivity index (χ0) is 19.2. The smallest absolute Gasteiger partial charge is 0.218 e. The fraction of sp³-hybridized carbons (Fsp3) is 0.700. The van der Waals surface area contributed by atoms with E-state index in [2.05, 4.69) is 20.6 Å². The average molecular weight is 506 g/mol. The minimum Gasteiger partial charge on any atom is -0.475 e. The van der Waals surface area contributed by atoms with E-state index in [1.54, 1.807) is 20.4 Å². The summed E-state index contributed by atoms with van der Waals surface area (Å²) in [5, 5.41) is 6.63. The molecule has 1 saturated carbocycles. The van der Waals surface area contributed by atoms with Crippen LogP contribution in [-0.4, -0.2) is 57.6 Å². The molecule has 0 atom stereocenters. The van der Waals surface area contributed by atoms with Crippen LogP contribution in [0.5, 0.6) is 5.88 Å². The lowest BCUT2D eigenvalue weighted by molar-refractivity contribution is 0.0277. The molecule has 0 radical (unpaired) electrons. The Morgan fingerprint density at radius 3 is 2.75 bits per heavy atom. The van der Waals surface area contributed by atoms with Crippen LogP contribution in [-0.2, 0) is 16.0 Å². The van der Waals surface area contributed by atoms with Gasteiger partial charge in [-0.05, 0) is 25.3 Å². The van der Waals surface area contributed by atoms with Gasteiger partial charge >= 0.3 is 0 Å². The third-order valence-corrected chi connectivity index (χ3v) is 4.57. The van der Waals surface area contributed by atoms with Crippen LogP contribution >= 0.6 is 24.0 Å². The standard InChI is InChI=1S/C20H34N4O3.HI/c1-21-20(23-12-7-13-26-18-9-4-3-5-10-18)24-16-17-8-6-11-22-19(17)27-15-14-25-2;/h6,8,11,18H,3-5,7,9-10,12-16H2,1-2H3,(H2,21,23,24);1H. The van der Waals surface area contributed by atoms with Gasteiger partial charge in [-0.3, -0.25) is 4.99 Å². The van der Waals surface area contributed by atoms with E-state index < -0.39 is 0 Å². The first-order valence-corrected chi connectivity index (χ1v) is 9.95. The average Bonchev–Trinajstić information content (AvgIpc) is 2.72. The van der Waals surface area contributed by atoms with Crippen LogP contribution in [0.15, 0.2) is 23.3 Å². The number of hydrogen-bond donors (Lipinski definition) is 2. The molecule has 8 heteroatoms. The van der Waals surface area contributed by atoms with Gasteiger partial charge in [0.1, 0.15) is 6.61 Å². The lowest BCUT2D eigenvalue weighted by Crippen LogP contribution is -2.37. The van der Waals surface area contributed by atoms with Gasteiger partial charge in [0.2, 0.25) is 5.88 Å². The number of hydrogen-bond acceptors (Lipinski definition) is 5. The van der Waals surface area contributed by atoms with Gasteiger partial charge in [-0.2, -0.15) is 0 Å². The Balaban J connectivity index is 0.00000392. The highest BCUT2D eigenvalue weighted by Gasteiger charge is 2.13. The van der Waals surface area contributed by atoms with Gasteiger partial charge in [0.25, 0.3) is 0 Å². The number of pyridine rings is 1. The number of rotatable bonds is 11. The molecular weight excluding hydrogens is 471 g/mol. The van der Waals surface area contributed by atoms with Gasteiger partial charge in [-0.15, -0.1) is 24.0 Å². The van der Waals surface area contributed by atoms with Crippen LogP contribution < -0.4 is 15.4 Å². The third-order valence-electron chi connectivity index (χ3n) is 4.57. The van der Waals surface area contributed by atoms with Crippen molar-refractivity contribution in [1.82, 2.24) is 15.6 Å². The fourth-order valence-corrected chi connectivity index (χ4v) is 3.07. The Bertz CT molecular complexity index is 554. The predicted molar refractivity (Wildman–Crippen MR) is 123 cm³/mol. The highest BCUT2D eigenvalue weighted by Crippen LogP contribution is 2.20. The van der Waals surface area contributed by atoms with Crippen molar-refractivity contribution in [2.45, 2.75) is 51.2 Å². The molecule has 0 aromatic carbocycles. The highest BCUT2D eigenvalue weighted by molar-refractivity contribution is 14.0. The number of methoxy groups -OCH3 is 1. The molecule has 160 valence electrons. The number of nitrogens with zero attached hydrogens (tertiary/aromatic N) is 2. The highest BCUT2D eigenvalue weighted by atomic mass is 127. The maximum absolute atomic E-state index is 5.95. The van der Waals surface area contributed by atoms with E-state index in [-0.39, 0.29) is 24.0 Å². The summed E-state index contributed by atoms with van der Waals surface area (Å²) in [6, 6.07) is 3.90. The van der Waals surface area contributed by atoms with Crippen molar-refractivity contribution in [3.63, 3.8) is 0 Å². The predicted octanol–water partition coefficient (Wildman–Crippen LogP) is 3.13. The zero-order valence-electron chi connectivity index (χ0n) is 17.1. The maximum atomic E-state index is 5.95. The Hall–Kier alpha value is -1.13. The molecule has 7 nitrogen and oxygen atoms in total. The lowest BCUT2D eigenvalue weighted by atomic mass is 9.98. The van der Waals surface area contributed by atoms with Gasteiger partial charge < -0.3 is 24.8 Å². The molecule has 0 saturated heterocycles. The first-order chi connectivity index (χ1) is 13.3. The van der Waals surface area contributed by atoms with Gasteiger partial charge in [0.05, 0.1) is 12.7 Å². The van der Waals surface area contributed by atoms with Crippen molar-refractivity contribution >= 4 is 29.9 Å². The largest absolute Gasteiger partial charge is 0.475 e. The van der Waals surface area contributed by atoms with E-state index in [4.69, 9.17) is 14.2 Å². The molecule has 1 aromatic rings. The van der Waals surface area contributed by atoms with Crippen LogP contribution in [0.3, 0.4) is 0 Å². The molecule has 0 spiro atoms. The van der Waals surface area contributed by atoms with Crippen LogP contribution in [0.2, 0.25) is 0 Å². The molecule has 1 fully saturated rings. The summed E-state index contributed by atoms with van der Waals surface area (Å²) in [6.45, 7) is 3.24. The van der Waals surface area contributed by atoms with Crippen LogP contribution in [0.25, 0.3) is 0 Å². The normalized spacial score (nSPS) is 15.0. The summed E-state index contributed by atoms with van der Waals surface area (Å²) in [5.41, 5.74) is 0.984. The molecular formula is C20H35IN4O3. The topological polar surface area (TPSA) is 77.0 Å². The summed E-state index contributed by atoms with van der Waals surface area (Å²) < 4.78 is 16.6. The summed E-state index contributed by atoms with van der Waals surface area (Å²) in [6.07, 6.45) is 9.58. The van der Waals surface area contributed by atoms with E-state index in [1.165, 1.54) is 32.1 Å². The third kappa shape index (κ3) is 9.88. The Morgan fingerprint density at radius 2 is 2.00 bits per heavy atom. The van der Waals surface area contributed by atoms with E-state index in [9.17, 15) is 0 Å². The van der Waals surface area contributed by atoms with Crippen LogP contribution in [0.4, 0.5) is 0 Å². The molecule has 1 aliphatic rings. The number of aromatic nitrogens is 1. The Labute approximate surface area is 186 Å². The molecule has 1 aliphatic carbocycles. The van der Waals surface area contributed by atoms with Gasteiger partial charge in [0.15, 0.2) is 5.96 Å². The van der Waals surface area contributed by atoms with Crippen LogP contribution in [0, 0.1) is 0 Å². The molecule has 2 N–H and O–H groups in total. The summed E-state index contributed by atoms with van der Waals surface area (Å²) in [7, 11) is 3.42. The van der Waals surface area contributed by atoms with E-state index in [1.807, 2.05) is 12.1 Å². The molecule has 2 rings (SSSR count). The first kappa shape index (κ1) is 24.9. The Kier molecular flexibility index (Phi) is 14.0. The van der Waals surface area contributed by atoms with Crippen molar-refractivity contribution in [1.29, 1.82) is 0 Å². The quantitative estimate of drug-likeness (QED) is 0.208. The molecule has 0 aliphatic heterocycles. The summed E-state index contributed by atoms with van der Waals surface area (Å²) in [4.78, 5) is 8.56. The van der Waals surface area contributed by atoms with Gasteiger partial charge in [-0.1, -0.05) is 25.3 Å². The number of ether oxygens (including phenoxy) is 3. The second-order valence-corrected chi connectivity index (χ2v) is 6.65. The number of halogens is 1. The molecule has 0 unspecified atom stereocenters. The molecule has 0 amide bonds. The van der Waals surface area contributed by atoms with Gasteiger partial charge in [-0.25, -0.2) is 4.98 Å². The van der Waals surface area contributed by atoms with Crippen molar-refractivity contribution in [2.24, 2.45) is 4.99 Å². The monoisotopic (exact) mass is 506 g/mol. The minimum absolute atomic E-state index is 0. The summed E-state index contributed by atoms with van der Waals surface area (Å²) >= 11 is 0. The van der Waals surface area contributed by atoms with Crippen molar-refractivity contribution in [2.75, 3.05) is 40.5 Å². The van der Waals surface area contributed by atoms with E-state index >= 15 is 0 Å². The maximum Gasteiger partial charge on any atom is 0.218 e. The van der Waals surface area contributed by atoms with Crippen LogP contribution in [0.1, 0.15) is 44.1 Å². The number of nitrogens with one attached hydrogen (secondary N) is 2. The van der Waals surface area contributed by atoms with Gasteiger partial charge in [0, 0.05) is 45.6 Å².